The highest BCUT2D eigenvalue weighted by molar-refractivity contribution is 7.22. The first-order valence-electron chi connectivity index (χ1n) is 9.98. The van der Waals surface area contributed by atoms with Gasteiger partial charge in [-0.1, -0.05) is 39.0 Å². The highest BCUT2D eigenvalue weighted by Crippen LogP contribution is 2.34. The van der Waals surface area contributed by atoms with E-state index in [0.717, 1.165) is 10.2 Å². The largest absolute Gasteiger partial charge is 0.375 e. The number of thiazole rings is 1. The molecule has 2 saturated heterocycles. The van der Waals surface area contributed by atoms with E-state index in [2.05, 4.69) is 10.3 Å². The van der Waals surface area contributed by atoms with E-state index in [1.54, 1.807) is 23.1 Å². The fourth-order valence-corrected chi connectivity index (χ4v) is 5.01. The third-order valence-electron chi connectivity index (χ3n) is 5.78. The number of ketones is 1. The topological polar surface area (TPSA) is 115 Å². The lowest BCUT2D eigenvalue weighted by Gasteiger charge is -2.35. The lowest BCUT2D eigenvalue weighted by Crippen LogP contribution is -2.57. The quantitative estimate of drug-likeness (QED) is 0.768. The van der Waals surface area contributed by atoms with Gasteiger partial charge in [-0.2, -0.15) is 0 Å². The molecule has 0 unspecified atom stereocenters. The van der Waals surface area contributed by atoms with E-state index >= 15 is 0 Å². The van der Waals surface area contributed by atoms with E-state index in [1.807, 2.05) is 27.7 Å². The minimum Gasteiger partial charge on any atom is -0.375 e. The third kappa shape index (κ3) is 3.56. The molecule has 0 aliphatic carbocycles. The Bertz CT molecular complexity index is 1030. The average molecular weight is 431 g/mol. The van der Waals surface area contributed by atoms with Crippen molar-refractivity contribution < 1.29 is 19.1 Å². The molecule has 9 heteroatoms. The molecule has 8 nitrogen and oxygen atoms in total. The minimum absolute atomic E-state index is 0.0357. The van der Waals surface area contributed by atoms with E-state index in [0.29, 0.717) is 17.2 Å². The molecular weight excluding hydrogens is 404 g/mol. The molecule has 2 fully saturated rings. The second-order valence-corrected chi connectivity index (χ2v) is 10.2. The molecule has 0 radical (unpaired) electrons. The van der Waals surface area contributed by atoms with Crippen molar-refractivity contribution in [2.24, 2.45) is 11.3 Å². The number of aromatic nitrogens is 1. The van der Waals surface area contributed by atoms with Gasteiger partial charge in [-0.25, -0.2) is 4.98 Å². The first-order chi connectivity index (χ1) is 14.1. The van der Waals surface area contributed by atoms with Crippen LogP contribution in [0.5, 0.6) is 0 Å². The summed E-state index contributed by atoms with van der Waals surface area (Å²) < 4.78 is 6.40. The summed E-state index contributed by atoms with van der Waals surface area (Å²) in [4.78, 5) is 44.6. The van der Waals surface area contributed by atoms with Crippen molar-refractivity contribution in [3.63, 3.8) is 0 Å². The average Bonchev–Trinajstić information content (AvgIpc) is 3.32. The Morgan fingerprint density at radius 1 is 1.37 bits per heavy atom. The molecule has 160 valence electrons. The van der Waals surface area contributed by atoms with Crippen molar-refractivity contribution in [3.05, 3.63) is 23.8 Å². The van der Waals surface area contributed by atoms with Gasteiger partial charge in [0.2, 0.25) is 5.91 Å². The molecule has 3 heterocycles. The molecule has 4 rings (SSSR count). The zero-order valence-corrected chi connectivity index (χ0v) is 18.3. The van der Waals surface area contributed by atoms with E-state index in [1.165, 1.54) is 11.3 Å². The Morgan fingerprint density at radius 2 is 2.10 bits per heavy atom. The van der Waals surface area contributed by atoms with Crippen molar-refractivity contribution in [2.75, 3.05) is 18.9 Å². The number of nitrogens with zero attached hydrogens (tertiary/aromatic N) is 2. The molecule has 30 heavy (non-hydrogen) atoms. The normalized spacial score (nSPS) is 24.9. The smallest absolute Gasteiger partial charge is 0.251 e. The van der Waals surface area contributed by atoms with Crippen LogP contribution in [0.2, 0.25) is 0 Å². The summed E-state index contributed by atoms with van der Waals surface area (Å²) in [6.07, 6.45) is -0.267. The zero-order valence-electron chi connectivity index (χ0n) is 17.5. The number of nitrogen functional groups attached to an aromatic ring is 1. The SMILES string of the molecule is C[C@@H]1CN(C(=O)[C@@H](NC(=O)c2ccc3nc(N)sc3c2)C(C)(C)C)[C@@H]2C(=O)CO[C@H]12. The number of Topliss-reactive ketones (excluding diaryl/α,β-unsaturated/α-hetero) is 1. The number of rotatable bonds is 3. The van der Waals surface area contributed by atoms with Gasteiger partial charge in [-0.05, 0) is 23.6 Å². The number of fused-ring (bicyclic) bond motifs is 2. The lowest BCUT2D eigenvalue weighted by molar-refractivity contribution is -0.140. The van der Waals surface area contributed by atoms with Gasteiger partial charge in [-0.15, -0.1) is 0 Å². The van der Waals surface area contributed by atoms with Crippen molar-refractivity contribution in [3.8, 4) is 0 Å². The first kappa shape index (κ1) is 20.7. The number of nitrogens with two attached hydrogens (primary N) is 1. The Morgan fingerprint density at radius 3 is 2.80 bits per heavy atom. The Kier molecular flexibility index (Phi) is 5.06. The van der Waals surface area contributed by atoms with Crippen molar-refractivity contribution in [2.45, 2.75) is 45.9 Å². The summed E-state index contributed by atoms with van der Waals surface area (Å²) in [5, 5.41) is 3.34. The maximum absolute atomic E-state index is 13.5. The molecule has 2 aliphatic rings. The number of carbonyl (C=O) groups excluding carboxylic acids is 3. The maximum Gasteiger partial charge on any atom is 0.251 e. The van der Waals surface area contributed by atoms with Gasteiger partial charge in [-0.3, -0.25) is 14.4 Å². The molecule has 4 atom stereocenters. The summed E-state index contributed by atoms with van der Waals surface area (Å²) in [5.41, 5.74) is 6.36. The molecule has 1 aromatic carbocycles. The number of hydrogen-bond donors (Lipinski definition) is 2. The van der Waals surface area contributed by atoms with Crippen molar-refractivity contribution >= 4 is 44.3 Å². The predicted octanol–water partition coefficient (Wildman–Crippen LogP) is 1.84. The van der Waals surface area contributed by atoms with Crippen molar-refractivity contribution in [1.29, 1.82) is 0 Å². The lowest BCUT2D eigenvalue weighted by atomic mass is 9.85. The molecule has 0 bridgehead atoms. The van der Waals surface area contributed by atoms with E-state index < -0.39 is 17.5 Å². The number of hydrogen-bond acceptors (Lipinski definition) is 7. The molecule has 2 aromatic rings. The van der Waals surface area contributed by atoms with Crippen LogP contribution in [0.3, 0.4) is 0 Å². The molecule has 3 N–H and O–H groups in total. The summed E-state index contributed by atoms with van der Waals surface area (Å²) in [7, 11) is 0. The van der Waals surface area contributed by atoms with Crippen LogP contribution in [0, 0.1) is 11.3 Å². The molecular formula is C21H26N4O4S. The van der Waals surface area contributed by atoms with E-state index in [9.17, 15) is 14.4 Å². The Labute approximate surface area is 178 Å². The number of amides is 2. The van der Waals surface area contributed by atoms with Crippen LogP contribution in [-0.4, -0.2) is 58.8 Å². The number of nitrogens with one attached hydrogen (secondary N) is 1. The maximum atomic E-state index is 13.5. The van der Waals surface area contributed by atoms with E-state index in [4.69, 9.17) is 10.5 Å². The fraction of sp³-hybridized carbons (Fsp3) is 0.524. The Balaban J connectivity index is 1.58. The van der Waals surface area contributed by atoms with Crippen LogP contribution in [-0.2, 0) is 14.3 Å². The van der Waals surface area contributed by atoms with Gasteiger partial charge >= 0.3 is 0 Å². The Hall–Kier alpha value is -2.52. The number of benzene rings is 1. The van der Waals surface area contributed by atoms with Gasteiger partial charge < -0.3 is 20.7 Å². The first-order valence-corrected chi connectivity index (χ1v) is 10.8. The molecule has 2 amide bonds. The number of likely N-dealkylation sites (tertiary alicyclic amines) is 1. The third-order valence-corrected chi connectivity index (χ3v) is 6.63. The van der Waals surface area contributed by atoms with Gasteiger partial charge in [0, 0.05) is 18.0 Å². The molecule has 0 saturated carbocycles. The van der Waals surface area contributed by atoms with Crippen LogP contribution in [0.4, 0.5) is 5.13 Å². The number of anilines is 1. The number of ether oxygens (including phenoxy) is 1. The number of carbonyl (C=O) groups is 3. The molecule has 0 spiro atoms. The van der Waals surface area contributed by atoms with Gasteiger partial charge in [0.05, 0.1) is 16.3 Å². The molecule has 2 aliphatic heterocycles. The second kappa shape index (κ2) is 7.31. The van der Waals surface area contributed by atoms with Crippen molar-refractivity contribution in [1.82, 2.24) is 15.2 Å². The zero-order chi connectivity index (χ0) is 21.8. The van der Waals surface area contributed by atoms with Crippen LogP contribution >= 0.6 is 11.3 Å². The van der Waals surface area contributed by atoms with Gasteiger partial charge in [0.1, 0.15) is 18.7 Å². The minimum atomic E-state index is -0.786. The van der Waals surface area contributed by atoms with Crippen LogP contribution < -0.4 is 11.1 Å². The van der Waals surface area contributed by atoms with Gasteiger partial charge in [0.15, 0.2) is 10.9 Å². The highest BCUT2D eigenvalue weighted by atomic mass is 32.1. The summed E-state index contributed by atoms with van der Waals surface area (Å²) in [6, 6.07) is 3.79. The fourth-order valence-electron chi connectivity index (χ4n) is 4.23. The summed E-state index contributed by atoms with van der Waals surface area (Å²) >= 11 is 1.31. The van der Waals surface area contributed by atoms with Crippen LogP contribution in [0.15, 0.2) is 18.2 Å². The van der Waals surface area contributed by atoms with Crippen LogP contribution in [0.25, 0.3) is 10.2 Å². The van der Waals surface area contributed by atoms with E-state index in [-0.39, 0.29) is 36.2 Å². The highest BCUT2D eigenvalue weighted by Gasteiger charge is 2.52. The standard InChI is InChI=1S/C21H26N4O4S/c1-10-8-25(15-13(26)9-29-16(10)15)19(28)17(21(2,3)4)24-18(27)11-5-6-12-14(7-11)30-20(22)23-12/h5-7,10,15-17H,8-9H2,1-4H3,(H2,22,23)(H,24,27)/t10-,15-,16-,17-/m1/s1. The second-order valence-electron chi connectivity index (χ2n) is 9.16. The summed E-state index contributed by atoms with van der Waals surface area (Å²) in [5.74, 6) is -0.613. The van der Waals surface area contributed by atoms with Crippen LogP contribution in [0.1, 0.15) is 38.1 Å². The monoisotopic (exact) mass is 430 g/mol. The predicted molar refractivity (Wildman–Crippen MR) is 114 cm³/mol. The molecule has 1 aromatic heterocycles. The van der Waals surface area contributed by atoms with Gasteiger partial charge in [0.25, 0.3) is 5.91 Å². The summed E-state index contributed by atoms with van der Waals surface area (Å²) in [6.45, 7) is 8.14.